The zero-order valence-corrected chi connectivity index (χ0v) is 12.7. The number of rotatable bonds is 5. The highest BCUT2D eigenvalue weighted by Gasteiger charge is 2.38. The van der Waals surface area contributed by atoms with Crippen molar-refractivity contribution < 1.29 is 33.0 Å². The van der Waals surface area contributed by atoms with E-state index in [9.17, 15) is 18.4 Å². The van der Waals surface area contributed by atoms with Gasteiger partial charge in [0.2, 0.25) is 0 Å². The van der Waals surface area contributed by atoms with Gasteiger partial charge in [0.05, 0.1) is 18.6 Å². The van der Waals surface area contributed by atoms with Crippen LogP contribution in [-0.2, 0) is 4.79 Å². The number of carbonyl (C=O) groups is 2. The summed E-state index contributed by atoms with van der Waals surface area (Å²) in [7, 11) is 1.36. The molecule has 1 fully saturated rings. The summed E-state index contributed by atoms with van der Waals surface area (Å²) in [4.78, 5) is 25.0. The molecule has 1 amide bonds. The molecule has 8 heteroatoms. The zero-order chi connectivity index (χ0) is 17.1. The van der Waals surface area contributed by atoms with Gasteiger partial charge < -0.3 is 19.5 Å². The van der Waals surface area contributed by atoms with Gasteiger partial charge in [-0.15, -0.1) is 0 Å². The Morgan fingerprint density at radius 1 is 1.35 bits per heavy atom. The molecule has 23 heavy (non-hydrogen) atoms. The summed E-state index contributed by atoms with van der Waals surface area (Å²) in [6.45, 7) is -1.07. The number of carbonyl (C=O) groups excluding carboxylic acids is 1. The number of aliphatic carboxylic acids is 1. The molecule has 1 aliphatic rings. The van der Waals surface area contributed by atoms with Crippen molar-refractivity contribution in [2.24, 2.45) is 11.8 Å². The van der Waals surface area contributed by atoms with Gasteiger partial charge in [-0.2, -0.15) is 8.78 Å². The van der Waals surface area contributed by atoms with E-state index in [1.807, 2.05) is 0 Å². The highest BCUT2D eigenvalue weighted by molar-refractivity contribution is 5.97. The average Bonchev–Trinajstić information content (AvgIpc) is 2.88. The number of alkyl halides is 2. The van der Waals surface area contributed by atoms with E-state index >= 15 is 0 Å². The predicted octanol–water partition coefficient (Wildman–Crippen LogP) is 2.09. The molecule has 2 atom stereocenters. The minimum absolute atomic E-state index is 0.0372. The van der Waals surface area contributed by atoms with Crippen LogP contribution in [0.5, 0.6) is 11.5 Å². The topological polar surface area (TPSA) is 76.1 Å². The molecule has 0 spiro atoms. The van der Waals surface area contributed by atoms with Gasteiger partial charge >= 0.3 is 12.6 Å². The van der Waals surface area contributed by atoms with Crippen molar-refractivity contribution in [2.45, 2.75) is 13.5 Å². The lowest BCUT2D eigenvalue weighted by atomic mass is 9.99. The number of carboxylic acid groups (broad SMARTS) is 1. The maximum atomic E-state index is 12.5. The van der Waals surface area contributed by atoms with Crippen LogP contribution in [0.15, 0.2) is 18.2 Å². The highest BCUT2D eigenvalue weighted by Crippen LogP contribution is 2.30. The summed E-state index contributed by atoms with van der Waals surface area (Å²) in [5.41, 5.74) is -0.0515. The molecule has 1 heterocycles. The van der Waals surface area contributed by atoms with Crippen LogP contribution in [0.3, 0.4) is 0 Å². The fraction of sp³-hybridized carbons (Fsp3) is 0.467. The Morgan fingerprint density at radius 2 is 2.04 bits per heavy atom. The van der Waals surface area contributed by atoms with E-state index in [-0.39, 0.29) is 36.1 Å². The Kier molecular flexibility index (Phi) is 5.02. The fourth-order valence-corrected chi connectivity index (χ4v) is 2.62. The van der Waals surface area contributed by atoms with Crippen molar-refractivity contribution in [1.82, 2.24) is 4.90 Å². The predicted molar refractivity (Wildman–Crippen MR) is 75.8 cm³/mol. The second-order valence-corrected chi connectivity index (χ2v) is 5.37. The second-order valence-electron chi connectivity index (χ2n) is 5.37. The van der Waals surface area contributed by atoms with Gasteiger partial charge in [0, 0.05) is 19.2 Å². The van der Waals surface area contributed by atoms with E-state index in [4.69, 9.17) is 9.84 Å². The molecule has 1 aliphatic heterocycles. The summed E-state index contributed by atoms with van der Waals surface area (Å²) in [5.74, 6) is -2.43. The van der Waals surface area contributed by atoms with Crippen molar-refractivity contribution in [3.05, 3.63) is 23.8 Å². The van der Waals surface area contributed by atoms with Gasteiger partial charge in [-0.05, 0) is 18.1 Å². The maximum Gasteiger partial charge on any atom is 0.387 e. The molecule has 0 aromatic heterocycles. The Hall–Kier alpha value is -2.38. The van der Waals surface area contributed by atoms with Crippen LogP contribution in [0.4, 0.5) is 8.78 Å². The van der Waals surface area contributed by atoms with Crippen molar-refractivity contribution >= 4 is 11.9 Å². The molecule has 6 nitrogen and oxygen atoms in total. The van der Waals surface area contributed by atoms with Gasteiger partial charge in [-0.1, -0.05) is 6.92 Å². The maximum absolute atomic E-state index is 12.5. The third-order valence-corrected chi connectivity index (χ3v) is 3.85. The molecule has 2 rings (SSSR count). The Balaban J connectivity index is 2.27. The number of nitrogens with zero attached hydrogens (tertiary/aromatic N) is 1. The molecule has 0 saturated carbocycles. The summed E-state index contributed by atoms with van der Waals surface area (Å²) < 4.78 is 34.4. The quantitative estimate of drug-likeness (QED) is 0.895. The van der Waals surface area contributed by atoms with Crippen LogP contribution in [0, 0.1) is 11.8 Å². The van der Waals surface area contributed by atoms with Crippen molar-refractivity contribution in [3.63, 3.8) is 0 Å². The summed E-state index contributed by atoms with van der Waals surface area (Å²) >= 11 is 0. The number of likely N-dealkylation sites (tertiary alicyclic amines) is 1. The number of benzene rings is 1. The van der Waals surface area contributed by atoms with Crippen molar-refractivity contribution in [1.29, 1.82) is 0 Å². The molecule has 1 aromatic carbocycles. The van der Waals surface area contributed by atoms with Crippen LogP contribution in [0.25, 0.3) is 0 Å². The first-order valence-corrected chi connectivity index (χ1v) is 6.98. The Bertz CT molecular complexity index is 608. The van der Waals surface area contributed by atoms with Crippen LogP contribution < -0.4 is 9.47 Å². The first-order chi connectivity index (χ1) is 10.8. The van der Waals surface area contributed by atoms with Crippen LogP contribution >= 0.6 is 0 Å². The zero-order valence-electron chi connectivity index (χ0n) is 12.7. The molecule has 0 bridgehead atoms. The molecule has 0 radical (unpaired) electrons. The molecular formula is C15H17F2NO5. The first kappa shape index (κ1) is 17.0. The van der Waals surface area contributed by atoms with Crippen LogP contribution in [-0.4, -0.2) is 48.7 Å². The monoisotopic (exact) mass is 329 g/mol. The van der Waals surface area contributed by atoms with Gasteiger partial charge in [0.1, 0.15) is 11.5 Å². The van der Waals surface area contributed by atoms with E-state index in [0.29, 0.717) is 0 Å². The third-order valence-electron chi connectivity index (χ3n) is 3.85. The molecule has 1 saturated heterocycles. The molecule has 1 N–H and O–H groups in total. The highest BCUT2D eigenvalue weighted by atomic mass is 19.3. The number of carboxylic acids is 1. The third kappa shape index (κ3) is 3.69. The lowest BCUT2D eigenvalue weighted by Gasteiger charge is -2.18. The average molecular weight is 329 g/mol. The summed E-state index contributed by atoms with van der Waals surface area (Å²) in [6, 6.07) is 3.99. The normalized spacial score (nSPS) is 20.7. The van der Waals surface area contributed by atoms with E-state index in [1.165, 1.54) is 30.2 Å². The van der Waals surface area contributed by atoms with Gasteiger partial charge in [-0.25, -0.2) is 0 Å². The first-order valence-electron chi connectivity index (χ1n) is 6.98. The van der Waals surface area contributed by atoms with Gasteiger partial charge in [0.15, 0.2) is 0 Å². The lowest BCUT2D eigenvalue weighted by Crippen LogP contribution is -2.30. The van der Waals surface area contributed by atoms with E-state index in [0.717, 1.165) is 0 Å². The van der Waals surface area contributed by atoms with Crippen LogP contribution in [0.2, 0.25) is 0 Å². The largest absolute Gasteiger partial charge is 0.497 e. The Morgan fingerprint density at radius 3 is 2.57 bits per heavy atom. The molecular weight excluding hydrogens is 312 g/mol. The smallest absolute Gasteiger partial charge is 0.387 e. The second kappa shape index (κ2) is 6.80. The van der Waals surface area contributed by atoms with Gasteiger partial charge in [-0.3, -0.25) is 9.59 Å². The van der Waals surface area contributed by atoms with Gasteiger partial charge in [0.25, 0.3) is 5.91 Å². The molecule has 0 aliphatic carbocycles. The number of halogens is 2. The minimum Gasteiger partial charge on any atom is -0.497 e. The number of hydrogen-bond donors (Lipinski definition) is 1. The number of ether oxygens (including phenoxy) is 2. The van der Waals surface area contributed by atoms with E-state index in [2.05, 4.69) is 4.74 Å². The summed E-state index contributed by atoms with van der Waals surface area (Å²) in [6.07, 6.45) is 0. The SMILES string of the molecule is COc1ccc(C(=O)N2C[C@@H](C)[C@H](C(=O)O)C2)c(OC(F)F)c1. The number of amides is 1. The molecule has 0 unspecified atom stereocenters. The van der Waals surface area contributed by atoms with Crippen molar-refractivity contribution in [2.75, 3.05) is 20.2 Å². The summed E-state index contributed by atoms with van der Waals surface area (Å²) in [5, 5.41) is 9.12. The van der Waals surface area contributed by atoms with E-state index < -0.39 is 24.4 Å². The number of methoxy groups -OCH3 is 1. The molecule has 1 aromatic rings. The van der Waals surface area contributed by atoms with E-state index in [1.54, 1.807) is 6.92 Å². The van der Waals surface area contributed by atoms with Crippen LogP contribution in [0.1, 0.15) is 17.3 Å². The fourth-order valence-electron chi connectivity index (χ4n) is 2.62. The minimum atomic E-state index is -3.09. The molecule has 126 valence electrons. The van der Waals surface area contributed by atoms with Crippen molar-refractivity contribution in [3.8, 4) is 11.5 Å². The lowest BCUT2D eigenvalue weighted by molar-refractivity contribution is -0.142. The Labute approximate surface area is 131 Å². The number of hydrogen-bond acceptors (Lipinski definition) is 4. The standard InChI is InChI=1S/C15H17F2NO5/c1-8-6-18(7-11(8)14(20)21)13(19)10-4-3-9(22-2)5-12(10)23-15(16)17/h3-5,8,11,15H,6-7H2,1-2H3,(H,20,21)/t8-,11-/m1/s1.